The number of fused-ring (bicyclic) bond motifs is 2. The van der Waals surface area contributed by atoms with E-state index in [0.717, 1.165) is 10.0 Å². The Morgan fingerprint density at radius 2 is 1.78 bits per heavy atom. The van der Waals surface area contributed by atoms with Crippen molar-refractivity contribution in [1.82, 2.24) is 4.98 Å². The van der Waals surface area contributed by atoms with Crippen LogP contribution in [-0.2, 0) is 15.1 Å². The maximum Gasteiger partial charge on any atom is 0.313 e. The molecule has 7 heteroatoms. The average Bonchev–Trinajstić information content (AvgIpc) is 2.80. The number of rotatable bonds is 3. The van der Waals surface area contributed by atoms with Gasteiger partial charge in [0.05, 0.1) is 12.7 Å². The molecular weight excluding hydrogens is 474 g/mol. The Labute approximate surface area is 193 Å². The van der Waals surface area contributed by atoms with Gasteiger partial charge in [-0.2, -0.15) is 0 Å². The summed E-state index contributed by atoms with van der Waals surface area (Å²) in [5.74, 6) is -2.96. The Morgan fingerprint density at radius 1 is 1.09 bits per heavy atom. The van der Waals surface area contributed by atoms with E-state index in [1.807, 2.05) is 42.5 Å². The highest BCUT2D eigenvalue weighted by Gasteiger charge is 2.82. The van der Waals surface area contributed by atoms with Crippen LogP contribution in [0.4, 0.5) is 0 Å². The molecule has 4 unspecified atom stereocenters. The van der Waals surface area contributed by atoms with Crippen molar-refractivity contribution in [2.75, 3.05) is 7.11 Å². The van der Waals surface area contributed by atoms with Gasteiger partial charge < -0.3 is 14.6 Å². The molecule has 3 aromatic rings. The second-order valence-corrected chi connectivity index (χ2v) is 9.05. The number of methoxy groups -OCH3 is 1. The first-order valence-corrected chi connectivity index (χ1v) is 11.0. The molecule has 1 fully saturated rings. The van der Waals surface area contributed by atoms with Gasteiger partial charge in [0, 0.05) is 16.1 Å². The standard InChI is InChI=1S/C25H20BrNO5/c1-14-8-13-18-21(28)24(30)20(23(29)31-2)19(15-6-4-3-5-7-15)25(24,32-22(18)27-14)16-9-11-17(26)12-10-16/h3-13,19-20,30H,1-2H3. The van der Waals surface area contributed by atoms with Gasteiger partial charge in [-0.3, -0.25) is 9.59 Å². The highest BCUT2D eigenvalue weighted by molar-refractivity contribution is 9.10. The van der Waals surface area contributed by atoms with Crippen LogP contribution >= 0.6 is 15.9 Å². The topological polar surface area (TPSA) is 85.7 Å². The third kappa shape index (κ3) is 2.58. The SMILES string of the molecule is COC(=O)C1C(c2ccccc2)C2(c3ccc(Br)cc3)Oc3nc(C)ccc3C(=O)C12O. The minimum Gasteiger partial charge on any atom is -0.469 e. The zero-order chi connectivity index (χ0) is 22.7. The lowest BCUT2D eigenvalue weighted by molar-refractivity contribution is -0.252. The quantitative estimate of drug-likeness (QED) is 0.556. The van der Waals surface area contributed by atoms with Crippen molar-refractivity contribution in [3.05, 3.63) is 93.6 Å². The van der Waals surface area contributed by atoms with E-state index in [0.29, 0.717) is 11.3 Å². The summed E-state index contributed by atoms with van der Waals surface area (Å²) in [6.07, 6.45) is 0. The summed E-state index contributed by atoms with van der Waals surface area (Å²) in [6, 6.07) is 19.7. The molecule has 1 N–H and O–H groups in total. The fourth-order valence-electron chi connectivity index (χ4n) is 5.12. The number of aliphatic hydroxyl groups is 1. The highest BCUT2D eigenvalue weighted by Crippen LogP contribution is 2.68. The van der Waals surface area contributed by atoms with Crippen molar-refractivity contribution in [1.29, 1.82) is 0 Å². The Morgan fingerprint density at radius 3 is 2.44 bits per heavy atom. The van der Waals surface area contributed by atoms with Crippen LogP contribution in [0.25, 0.3) is 0 Å². The summed E-state index contributed by atoms with van der Waals surface area (Å²) in [5, 5.41) is 12.1. The number of Topliss-reactive ketones (excluding diaryl/α,β-unsaturated/α-hetero) is 1. The maximum atomic E-state index is 13.8. The molecule has 0 saturated heterocycles. The van der Waals surface area contributed by atoms with Gasteiger partial charge in [0.2, 0.25) is 11.7 Å². The van der Waals surface area contributed by atoms with Gasteiger partial charge in [-0.05, 0) is 42.3 Å². The summed E-state index contributed by atoms with van der Waals surface area (Å²) < 4.78 is 12.4. The van der Waals surface area contributed by atoms with E-state index in [1.165, 1.54) is 7.11 Å². The highest BCUT2D eigenvalue weighted by atomic mass is 79.9. The molecule has 5 rings (SSSR count). The number of aryl methyl sites for hydroxylation is 1. The number of carbonyl (C=O) groups is 2. The summed E-state index contributed by atoms with van der Waals surface area (Å²) in [5.41, 5.74) is -1.59. The molecule has 6 nitrogen and oxygen atoms in total. The molecule has 2 aliphatic rings. The van der Waals surface area contributed by atoms with Crippen molar-refractivity contribution in [3.63, 3.8) is 0 Å². The summed E-state index contributed by atoms with van der Waals surface area (Å²) in [6.45, 7) is 1.80. The molecule has 1 aliphatic carbocycles. The first-order valence-electron chi connectivity index (χ1n) is 10.2. The van der Waals surface area contributed by atoms with Crippen LogP contribution in [0.5, 0.6) is 5.88 Å². The lowest BCUT2D eigenvalue weighted by Gasteiger charge is -2.64. The maximum absolute atomic E-state index is 13.8. The number of hydrogen-bond acceptors (Lipinski definition) is 6. The van der Waals surface area contributed by atoms with Gasteiger partial charge in [-0.15, -0.1) is 0 Å². The molecule has 2 heterocycles. The van der Waals surface area contributed by atoms with Crippen molar-refractivity contribution in [2.24, 2.45) is 5.92 Å². The number of ether oxygens (including phenoxy) is 2. The van der Waals surface area contributed by atoms with E-state index in [4.69, 9.17) is 9.47 Å². The molecule has 0 bridgehead atoms. The normalized spacial score (nSPS) is 28.1. The van der Waals surface area contributed by atoms with E-state index in [2.05, 4.69) is 20.9 Å². The van der Waals surface area contributed by atoms with Gasteiger partial charge >= 0.3 is 5.97 Å². The number of benzene rings is 2. The van der Waals surface area contributed by atoms with Crippen LogP contribution in [0.1, 0.15) is 33.1 Å². The van der Waals surface area contributed by atoms with Gasteiger partial charge in [0.15, 0.2) is 11.2 Å². The Balaban J connectivity index is 1.83. The number of nitrogens with zero attached hydrogens (tertiary/aromatic N) is 1. The van der Waals surface area contributed by atoms with E-state index in [9.17, 15) is 14.7 Å². The Hall–Kier alpha value is -3.03. The largest absolute Gasteiger partial charge is 0.469 e. The van der Waals surface area contributed by atoms with Crippen molar-refractivity contribution in [2.45, 2.75) is 24.0 Å². The third-order valence-corrected chi connectivity index (χ3v) is 7.05. The molecule has 0 spiro atoms. The molecule has 162 valence electrons. The van der Waals surface area contributed by atoms with Crippen LogP contribution in [-0.4, -0.2) is 34.6 Å². The van der Waals surface area contributed by atoms with Gasteiger partial charge in [-0.25, -0.2) is 4.98 Å². The monoisotopic (exact) mass is 493 g/mol. The summed E-state index contributed by atoms with van der Waals surface area (Å²) in [4.78, 5) is 31.2. The molecule has 1 aliphatic heterocycles. The summed E-state index contributed by atoms with van der Waals surface area (Å²) >= 11 is 3.43. The minimum absolute atomic E-state index is 0.145. The molecule has 32 heavy (non-hydrogen) atoms. The van der Waals surface area contributed by atoms with Crippen molar-refractivity contribution in [3.8, 4) is 5.88 Å². The van der Waals surface area contributed by atoms with Crippen LogP contribution in [0.2, 0.25) is 0 Å². The fourth-order valence-corrected chi connectivity index (χ4v) is 5.38. The molecule has 1 saturated carbocycles. The smallest absolute Gasteiger partial charge is 0.313 e. The van der Waals surface area contributed by atoms with Crippen LogP contribution in [0.15, 0.2) is 71.2 Å². The predicted molar refractivity (Wildman–Crippen MR) is 119 cm³/mol. The van der Waals surface area contributed by atoms with Crippen molar-refractivity contribution < 1.29 is 24.2 Å². The van der Waals surface area contributed by atoms with Crippen LogP contribution in [0, 0.1) is 12.8 Å². The van der Waals surface area contributed by atoms with Crippen molar-refractivity contribution >= 4 is 27.7 Å². The van der Waals surface area contributed by atoms with E-state index in [1.54, 1.807) is 31.2 Å². The van der Waals surface area contributed by atoms with E-state index >= 15 is 0 Å². The molecule has 4 atom stereocenters. The minimum atomic E-state index is -2.17. The first kappa shape index (κ1) is 20.8. The zero-order valence-electron chi connectivity index (χ0n) is 17.4. The van der Waals surface area contributed by atoms with Crippen LogP contribution in [0.3, 0.4) is 0 Å². The lowest BCUT2D eigenvalue weighted by Crippen LogP contribution is -2.80. The number of aromatic nitrogens is 1. The average molecular weight is 494 g/mol. The van der Waals surface area contributed by atoms with Gasteiger partial charge in [0.25, 0.3) is 0 Å². The predicted octanol–water partition coefficient (Wildman–Crippen LogP) is 3.94. The van der Waals surface area contributed by atoms with Gasteiger partial charge in [0.1, 0.15) is 5.92 Å². The number of carbonyl (C=O) groups excluding carboxylic acids is 2. The first-order chi connectivity index (χ1) is 15.3. The third-order valence-electron chi connectivity index (χ3n) is 6.52. The fraction of sp³-hybridized carbons (Fsp3) is 0.240. The number of hydrogen-bond donors (Lipinski definition) is 1. The van der Waals surface area contributed by atoms with E-state index in [-0.39, 0.29) is 11.4 Å². The number of ketones is 1. The van der Waals surface area contributed by atoms with Gasteiger partial charge in [-0.1, -0.05) is 58.4 Å². The molecule has 0 amide bonds. The zero-order valence-corrected chi connectivity index (χ0v) is 19.0. The Bertz CT molecular complexity index is 1230. The number of esters is 1. The van der Waals surface area contributed by atoms with E-state index < -0.39 is 34.8 Å². The summed E-state index contributed by atoms with van der Waals surface area (Å²) in [7, 11) is 1.25. The second kappa shape index (κ2) is 7.25. The Kier molecular flexibility index (Phi) is 4.72. The number of pyridine rings is 1. The molecule has 2 aromatic carbocycles. The lowest BCUT2D eigenvalue weighted by atomic mass is 9.44. The molecule has 1 aromatic heterocycles. The van der Waals surface area contributed by atoms with Crippen LogP contribution < -0.4 is 4.74 Å². The molecular formula is C25H20BrNO5. The second-order valence-electron chi connectivity index (χ2n) is 8.13. The molecule has 0 radical (unpaired) electrons. The number of halogens is 1.